The molecule has 1 aromatic rings. The van der Waals surface area contributed by atoms with Crippen LogP contribution in [0.3, 0.4) is 0 Å². The molecule has 1 aliphatic heterocycles. The lowest BCUT2D eigenvalue weighted by molar-refractivity contribution is 0.383. The molecule has 0 N–H and O–H groups in total. The summed E-state index contributed by atoms with van der Waals surface area (Å²) in [6, 6.07) is 7.01. The number of aryl methyl sites for hydroxylation is 2. The van der Waals surface area contributed by atoms with Crippen molar-refractivity contribution >= 4 is 5.57 Å². The van der Waals surface area contributed by atoms with Gasteiger partial charge in [-0.05, 0) is 73.9 Å². The monoisotopic (exact) mass is 241 g/mol. The Morgan fingerprint density at radius 3 is 2.50 bits per heavy atom. The van der Waals surface area contributed by atoms with Crippen LogP contribution < -0.4 is 0 Å². The molecule has 1 heterocycles. The summed E-state index contributed by atoms with van der Waals surface area (Å²) in [5.74, 6) is 0. The molecule has 1 aliphatic carbocycles. The van der Waals surface area contributed by atoms with E-state index in [1.54, 1.807) is 11.1 Å². The Balaban J connectivity index is 1.73. The predicted molar refractivity (Wildman–Crippen MR) is 77.8 cm³/mol. The van der Waals surface area contributed by atoms with Crippen molar-refractivity contribution in [1.82, 2.24) is 4.90 Å². The average molecular weight is 241 g/mol. The molecule has 0 radical (unpaired) electrons. The van der Waals surface area contributed by atoms with E-state index >= 15 is 0 Å². The van der Waals surface area contributed by atoms with Gasteiger partial charge in [0.2, 0.25) is 0 Å². The fourth-order valence-electron chi connectivity index (χ4n) is 3.26. The first-order valence-corrected chi connectivity index (χ1v) is 7.35. The van der Waals surface area contributed by atoms with Crippen molar-refractivity contribution < 1.29 is 0 Å². The van der Waals surface area contributed by atoms with Crippen molar-refractivity contribution in [3.05, 3.63) is 41.5 Å². The minimum absolute atomic E-state index is 1.05. The normalized spacial score (nSPS) is 19.8. The summed E-state index contributed by atoms with van der Waals surface area (Å²) in [4.78, 5) is 2.53. The van der Waals surface area contributed by atoms with E-state index in [4.69, 9.17) is 0 Å². The fourth-order valence-corrected chi connectivity index (χ4v) is 3.26. The lowest BCUT2D eigenvalue weighted by Gasteiger charge is -2.20. The van der Waals surface area contributed by atoms with Gasteiger partial charge in [-0.2, -0.15) is 0 Å². The van der Waals surface area contributed by atoms with Crippen LogP contribution in [0.4, 0.5) is 0 Å². The standard InChI is InChI=1S/C17H23N/c1-14(13-18-10-4-5-11-18)16-9-8-15-6-2-3-7-17(15)12-16/h8-9,12H,1-7,10-11,13H2. The number of fused-ring (bicyclic) bond motifs is 1. The van der Waals surface area contributed by atoms with Crippen LogP contribution in [0.25, 0.3) is 5.57 Å². The first kappa shape index (κ1) is 12.0. The highest BCUT2D eigenvalue weighted by atomic mass is 15.1. The highest BCUT2D eigenvalue weighted by Gasteiger charge is 2.14. The Hall–Kier alpha value is -1.08. The second kappa shape index (κ2) is 5.27. The highest BCUT2D eigenvalue weighted by Crippen LogP contribution is 2.25. The summed E-state index contributed by atoms with van der Waals surface area (Å²) < 4.78 is 0. The molecule has 0 spiro atoms. The van der Waals surface area contributed by atoms with Crippen molar-refractivity contribution in [2.24, 2.45) is 0 Å². The second-order valence-electron chi connectivity index (χ2n) is 5.78. The quantitative estimate of drug-likeness (QED) is 0.780. The van der Waals surface area contributed by atoms with Crippen molar-refractivity contribution in [2.75, 3.05) is 19.6 Å². The van der Waals surface area contributed by atoms with Gasteiger partial charge < -0.3 is 0 Å². The van der Waals surface area contributed by atoms with Gasteiger partial charge >= 0.3 is 0 Å². The molecule has 1 aromatic carbocycles. The van der Waals surface area contributed by atoms with E-state index in [1.807, 2.05) is 0 Å². The van der Waals surface area contributed by atoms with Crippen molar-refractivity contribution in [1.29, 1.82) is 0 Å². The van der Waals surface area contributed by atoms with Crippen LogP contribution in [0.5, 0.6) is 0 Å². The molecule has 1 fully saturated rings. The first-order chi connectivity index (χ1) is 8.83. The Morgan fingerprint density at radius 2 is 1.72 bits per heavy atom. The molecule has 1 heteroatoms. The Bertz CT molecular complexity index is 441. The van der Waals surface area contributed by atoms with Crippen LogP contribution in [0.2, 0.25) is 0 Å². The number of nitrogens with zero attached hydrogens (tertiary/aromatic N) is 1. The lowest BCUT2D eigenvalue weighted by Crippen LogP contribution is -2.21. The van der Waals surface area contributed by atoms with E-state index in [1.165, 1.54) is 62.8 Å². The Kier molecular flexibility index (Phi) is 3.51. The number of hydrogen-bond acceptors (Lipinski definition) is 1. The summed E-state index contributed by atoms with van der Waals surface area (Å²) in [5.41, 5.74) is 5.80. The Morgan fingerprint density at radius 1 is 1.00 bits per heavy atom. The first-order valence-electron chi connectivity index (χ1n) is 7.35. The van der Waals surface area contributed by atoms with Crippen LogP contribution in [0.1, 0.15) is 42.4 Å². The van der Waals surface area contributed by atoms with Gasteiger partial charge in [0.15, 0.2) is 0 Å². The highest BCUT2D eigenvalue weighted by molar-refractivity contribution is 5.66. The molecule has 0 saturated carbocycles. The number of benzene rings is 1. The topological polar surface area (TPSA) is 3.24 Å². The fraction of sp³-hybridized carbons (Fsp3) is 0.529. The zero-order valence-corrected chi connectivity index (χ0v) is 11.3. The molecule has 96 valence electrons. The van der Waals surface area contributed by atoms with E-state index in [0.717, 1.165) is 6.54 Å². The zero-order chi connectivity index (χ0) is 12.4. The van der Waals surface area contributed by atoms with Crippen LogP contribution in [0.15, 0.2) is 24.8 Å². The summed E-state index contributed by atoms with van der Waals surface area (Å²) in [6.45, 7) is 7.86. The van der Waals surface area contributed by atoms with Crippen LogP contribution in [0, 0.1) is 0 Å². The van der Waals surface area contributed by atoms with Gasteiger partial charge in [0.25, 0.3) is 0 Å². The second-order valence-corrected chi connectivity index (χ2v) is 5.78. The third-order valence-corrected chi connectivity index (χ3v) is 4.37. The lowest BCUT2D eigenvalue weighted by atomic mass is 9.89. The van der Waals surface area contributed by atoms with E-state index in [0.29, 0.717) is 0 Å². The van der Waals surface area contributed by atoms with Crippen LogP contribution in [-0.2, 0) is 12.8 Å². The van der Waals surface area contributed by atoms with Crippen molar-refractivity contribution in [3.63, 3.8) is 0 Å². The van der Waals surface area contributed by atoms with E-state index in [-0.39, 0.29) is 0 Å². The molecule has 18 heavy (non-hydrogen) atoms. The smallest absolute Gasteiger partial charge is 0.0233 e. The number of rotatable bonds is 3. The Labute approximate surface area is 111 Å². The summed E-state index contributed by atoms with van der Waals surface area (Å²) in [6.07, 6.45) is 7.97. The van der Waals surface area contributed by atoms with Crippen molar-refractivity contribution in [3.8, 4) is 0 Å². The minimum atomic E-state index is 1.05. The maximum atomic E-state index is 4.30. The van der Waals surface area contributed by atoms with Crippen LogP contribution >= 0.6 is 0 Å². The number of likely N-dealkylation sites (tertiary alicyclic amines) is 1. The molecule has 0 bridgehead atoms. The molecule has 0 aromatic heterocycles. The van der Waals surface area contributed by atoms with E-state index in [9.17, 15) is 0 Å². The minimum Gasteiger partial charge on any atom is -0.299 e. The van der Waals surface area contributed by atoms with Gasteiger partial charge in [-0.1, -0.05) is 24.8 Å². The maximum Gasteiger partial charge on any atom is 0.0233 e. The molecule has 3 rings (SSSR count). The molecule has 0 atom stereocenters. The number of hydrogen-bond donors (Lipinski definition) is 0. The largest absolute Gasteiger partial charge is 0.299 e. The van der Waals surface area contributed by atoms with Gasteiger partial charge in [0.05, 0.1) is 0 Å². The van der Waals surface area contributed by atoms with E-state index < -0.39 is 0 Å². The molecule has 1 nitrogen and oxygen atoms in total. The summed E-state index contributed by atoms with van der Waals surface area (Å²) >= 11 is 0. The third kappa shape index (κ3) is 2.51. The van der Waals surface area contributed by atoms with Crippen LogP contribution in [-0.4, -0.2) is 24.5 Å². The van der Waals surface area contributed by atoms with Gasteiger partial charge in [0.1, 0.15) is 0 Å². The summed E-state index contributed by atoms with van der Waals surface area (Å²) in [7, 11) is 0. The van der Waals surface area contributed by atoms with E-state index in [2.05, 4.69) is 29.7 Å². The molecular formula is C17H23N. The molecule has 2 aliphatic rings. The van der Waals surface area contributed by atoms with Gasteiger partial charge in [-0.3, -0.25) is 4.90 Å². The van der Waals surface area contributed by atoms with Crippen molar-refractivity contribution in [2.45, 2.75) is 38.5 Å². The molecular weight excluding hydrogens is 218 g/mol. The SMILES string of the molecule is C=C(CN1CCCC1)c1ccc2c(c1)CCCC2. The molecule has 0 amide bonds. The van der Waals surface area contributed by atoms with Gasteiger partial charge in [-0.15, -0.1) is 0 Å². The third-order valence-electron chi connectivity index (χ3n) is 4.37. The maximum absolute atomic E-state index is 4.30. The molecule has 1 saturated heterocycles. The van der Waals surface area contributed by atoms with Gasteiger partial charge in [-0.25, -0.2) is 0 Å². The van der Waals surface area contributed by atoms with Gasteiger partial charge in [0, 0.05) is 6.54 Å². The molecule has 0 unspecified atom stereocenters. The zero-order valence-electron chi connectivity index (χ0n) is 11.3. The average Bonchev–Trinajstić information content (AvgIpc) is 2.91. The predicted octanol–water partition coefficient (Wildman–Crippen LogP) is 3.67. The summed E-state index contributed by atoms with van der Waals surface area (Å²) in [5, 5.41) is 0.